The predicted molar refractivity (Wildman–Crippen MR) is 70.8 cm³/mol. The molecule has 0 aromatic heterocycles. The maximum atomic E-state index is 3.44. The van der Waals surface area contributed by atoms with E-state index in [0.29, 0.717) is 12.0 Å². The second-order valence-corrected chi connectivity index (χ2v) is 5.66. The molecule has 0 amide bonds. The Kier molecular flexibility index (Phi) is 5.73. The summed E-state index contributed by atoms with van der Waals surface area (Å²) in [5.74, 6) is 0.713. The van der Waals surface area contributed by atoms with E-state index < -0.39 is 0 Å². The standard InChI is InChI=1S/C13H29N3/c1-11(2)13(14-3)10-16-8-6-7-12(9-16)15(4)5/h11-14H,6-10H2,1-5H3. The number of hydrogen-bond donors (Lipinski definition) is 1. The summed E-state index contributed by atoms with van der Waals surface area (Å²) in [6.07, 6.45) is 2.70. The fourth-order valence-corrected chi connectivity index (χ4v) is 2.53. The molecule has 96 valence electrons. The molecule has 0 saturated carbocycles. The summed E-state index contributed by atoms with van der Waals surface area (Å²) in [6, 6.07) is 1.37. The fourth-order valence-electron chi connectivity index (χ4n) is 2.53. The van der Waals surface area contributed by atoms with E-state index >= 15 is 0 Å². The molecule has 0 bridgehead atoms. The fraction of sp³-hybridized carbons (Fsp3) is 1.00. The van der Waals surface area contributed by atoms with Gasteiger partial charge in [0.2, 0.25) is 0 Å². The normalized spacial score (nSPS) is 25.3. The molecule has 1 aliphatic rings. The Balaban J connectivity index is 2.41. The lowest BCUT2D eigenvalue weighted by molar-refractivity contribution is 0.118. The van der Waals surface area contributed by atoms with Crippen molar-refractivity contribution in [1.82, 2.24) is 15.1 Å². The Labute approximate surface area is 101 Å². The zero-order valence-electron chi connectivity index (χ0n) is 11.7. The Morgan fingerprint density at radius 2 is 2.06 bits per heavy atom. The van der Waals surface area contributed by atoms with Gasteiger partial charge in [-0.1, -0.05) is 13.8 Å². The zero-order chi connectivity index (χ0) is 12.1. The Bertz CT molecular complexity index is 192. The highest BCUT2D eigenvalue weighted by atomic mass is 15.2. The van der Waals surface area contributed by atoms with Crippen LogP contribution in [-0.4, -0.2) is 62.7 Å². The van der Waals surface area contributed by atoms with Gasteiger partial charge in [-0.05, 0) is 46.4 Å². The summed E-state index contributed by atoms with van der Waals surface area (Å²) in [5, 5.41) is 3.44. The molecule has 2 atom stereocenters. The Hall–Kier alpha value is -0.120. The van der Waals surface area contributed by atoms with Crippen LogP contribution in [-0.2, 0) is 0 Å². The lowest BCUT2D eigenvalue weighted by Crippen LogP contribution is -2.50. The van der Waals surface area contributed by atoms with Gasteiger partial charge in [0, 0.05) is 25.2 Å². The number of nitrogens with one attached hydrogen (secondary N) is 1. The first-order valence-corrected chi connectivity index (χ1v) is 6.60. The highest BCUT2D eigenvalue weighted by Crippen LogP contribution is 2.15. The van der Waals surface area contributed by atoms with Crippen molar-refractivity contribution in [2.75, 3.05) is 40.8 Å². The SMILES string of the molecule is CNC(CN1CCCC(N(C)C)C1)C(C)C. The summed E-state index contributed by atoms with van der Waals surface area (Å²) >= 11 is 0. The quantitative estimate of drug-likeness (QED) is 0.763. The first kappa shape index (κ1) is 13.9. The number of rotatable bonds is 5. The molecule has 3 heteroatoms. The molecule has 1 rings (SSSR count). The number of likely N-dealkylation sites (N-methyl/N-ethyl adjacent to an activating group) is 2. The van der Waals surface area contributed by atoms with Crippen LogP contribution >= 0.6 is 0 Å². The van der Waals surface area contributed by atoms with Crippen molar-refractivity contribution < 1.29 is 0 Å². The van der Waals surface area contributed by atoms with Gasteiger partial charge in [0.05, 0.1) is 0 Å². The van der Waals surface area contributed by atoms with Crippen molar-refractivity contribution in [1.29, 1.82) is 0 Å². The van der Waals surface area contributed by atoms with Crippen molar-refractivity contribution in [2.45, 2.75) is 38.8 Å². The zero-order valence-corrected chi connectivity index (χ0v) is 11.7. The van der Waals surface area contributed by atoms with Crippen molar-refractivity contribution in [3.8, 4) is 0 Å². The molecule has 0 spiro atoms. The minimum absolute atomic E-state index is 0.626. The van der Waals surface area contributed by atoms with Crippen LogP contribution in [0.5, 0.6) is 0 Å². The highest BCUT2D eigenvalue weighted by molar-refractivity contribution is 4.81. The van der Waals surface area contributed by atoms with Gasteiger partial charge in [0.25, 0.3) is 0 Å². The molecule has 1 N–H and O–H groups in total. The first-order chi connectivity index (χ1) is 7.54. The second-order valence-electron chi connectivity index (χ2n) is 5.66. The molecule has 1 aliphatic heterocycles. The minimum Gasteiger partial charge on any atom is -0.315 e. The lowest BCUT2D eigenvalue weighted by atomic mass is 10.0. The highest BCUT2D eigenvalue weighted by Gasteiger charge is 2.23. The molecule has 1 fully saturated rings. The van der Waals surface area contributed by atoms with Crippen LogP contribution in [0.4, 0.5) is 0 Å². The third-order valence-corrected chi connectivity index (χ3v) is 3.84. The molecule has 2 unspecified atom stereocenters. The summed E-state index contributed by atoms with van der Waals surface area (Å²) < 4.78 is 0. The number of nitrogens with zero attached hydrogens (tertiary/aromatic N) is 2. The van der Waals surface area contributed by atoms with Gasteiger partial charge in [-0.2, -0.15) is 0 Å². The first-order valence-electron chi connectivity index (χ1n) is 6.60. The molecule has 3 nitrogen and oxygen atoms in total. The molecular formula is C13H29N3. The largest absolute Gasteiger partial charge is 0.315 e. The molecule has 0 aromatic rings. The summed E-state index contributed by atoms with van der Waals surface area (Å²) in [4.78, 5) is 4.99. The molecular weight excluding hydrogens is 198 g/mol. The van der Waals surface area contributed by atoms with E-state index in [1.54, 1.807) is 0 Å². The van der Waals surface area contributed by atoms with Crippen LogP contribution in [0.3, 0.4) is 0 Å². The van der Waals surface area contributed by atoms with Gasteiger partial charge >= 0.3 is 0 Å². The Morgan fingerprint density at radius 3 is 2.56 bits per heavy atom. The molecule has 16 heavy (non-hydrogen) atoms. The van der Waals surface area contributed by atoms with Crippen LogP contribution in [0.1, 0.15) is 26.7 Å². The molecule has 0 aromatic carbocycles. The van der Waals surface area contributed by atoms with Crippen molar-refractivity contribution in [3.63, 3.8) is 0 Å². The van der Waals surface area contributed by atoms with Gasteiger partial charge in [0.15, 0.2) is 0 Å². The van der Waals surface area contributed by atoms with Crippen LogP contribution in [0.15, 0.2) is 0 Å². The van der Waals surface area contributed by atoms with E-state index in [1.165, 1.54) is 32.5 Å². The van der Waals surface area contributed by atoms with Crippen LogP contribution < -0.4 is 5.32 Å². The topological polar surface area (TPSA) is 18.5 Å². The molecule has 0 radical (unpaired) electrons. The van der Waals surface area contributed by atoms with E-state index in [0.717, 1.165) is 6.04 Å². The van der Waals surface area contributed by atoms with Crippen LogP contribution in [0, 0.1) is 5.92 Å². The average Bonchev–Trinajstić information content (AvgIpc) is 2.25. The van der Waals surface area contributed by atoms with Crippen LogP contribution in [0.2, 0.25) is 0 Å². The van der Waals surface area contributed by atoms with Crippen LogP contribution in [0.25, 0.3) is 0 Å². The van der Waals surface area contributed by atoms with E-state index in [4.69, 9.17) is 0 Å². The maximum absolute atomic E-state index is 3.44. The van der Waals surface area contributed by atoms with Crippen molar-refractivity contribution in [3.05, 3.63) is 0 Å². The molecule has 1 heterocycles. The van der Waals surface area contributed by atoms with Crippen molar-refractivity contribution >= 4 is 0 Å². The Morgan fingerprint density at radius 1 is 1.38 bits per heavy atom. The van der Waals surface area contributed by atoms with Gasteiger partial charge in [-0.3, -0.25) is 0 Å². The number of piperidine rings is 1. The predicted octanol–water partition coefficient (Wildman–Crippen LogP) is 1.26. The smallest absolute Gasteiger partial charge is 0.0217 e. The molecule has 1 saturated heterocycles. The van der Waals surface area contributed by atoms with Crippen molar-refractivity contribution in [2.24, 2.45) is 5.92 Å². The van der Waals surface area contributed by atoms with Gasteiger partial charge in [0.1, 0.15) is 0 Å². The number of likely N-dealkylation sites (tertiary alicyclic amines) is 1. The summed E-state index contributed by atoms with van der Waals surface area (Å²) in [6.45, 7) is 8.30. The summed E-state index contributed by atoms with van der Waals surface area (Å²) in [7, 11) is 6.48. The van der Waals surface area contributed by atoms with Gasteiger partial charge in [-0.25, -0.2) is 0 Å². The average molecular weight is 227 g/mol. The van der Waals surface area contributed by atoms with E-state index in [1.807, 2.05) is 0 Å². The van der Waals surface area contributed by atoms with E-state index in [2.05, 4.69) is 50.1 Å². The molecule has 0 aliphatic carbocycles. The van der Waals surface area contributed by atoms with Gasteiger partial charge < -0.3 is 15.1 Å². The minimum atomic E-state index is 0.626. The van der Waals surface area contributed by atoms with E-state index in [-0.39, 0.29) is 0 Å². The monoisotopic (exact) mass is 227 g/mol. The maximum Gasteiger partial charge on any atom is 0.0217 e. The van der Waals surface area contributed by atoms with E-state index in [9.17, 15) is 0 Å². The lowest BCUT2D eigenvalue weighted by Gasteiger charge is -2.38. The van der Waals surface area contributed by atoms with Gasteiger partial charge in [-0.15, -0.1) is 0 Å². The number of hydrogen-bond acceptors (Lipinski definition) is 3. The second kappa shape index (κ2) is 6.58. The third-order valence-electron chi connectivity index (χ3n) is 3.84. The summed E-state index contributed by atoms with van der Waals surface area (Å²) in [5.41, 5.74) is 0. The third kappa shape index (κ3) is 4.04.